The van der Waals surface area contributed by atoms with E-state index < -0.39 is 0 Å². The van der Waals surface area contributed by atoms with Gasteiger partial charge in [-0.2, -0.15) is 0 Å². The second kappa shape index (κ2) is 5.38. The Morgan fingerprint density at radius 3 is 2.71 bits per heavy atom. The number of carbonyl (C=O) groups is 1. The van der Waals surface area contributed by atoms with Gasteiger partial charge in [0.15, 0.2) is 0 Å². The van der Waals surface area contributed by atoms with E-state index in [0.717, 1.165) is 12.8 Å². The molecule has 0 aromatic carbocycles. The number of hydrogen-bond acceptors (Lipinski definition) is 3. The lowest BCUT2D eigenvalue weighted by Crippen LogP contribution is -2.40. The van der Waals surface area contributed by atoms with Crippen molar-refractivity contribution in [2.75, 3.05) is 13.1 Å². The maximum Gasteiger partial charge on any atom is 0.265 e. The first-order valence-electron chi connectivity index (χ1n) is 5.80. The Hall–Kier alpha value is -0.580. The molecule has 1 aromatic rings. The SMILES string of the molecule is CC(O)C1CCN(C(=O)c2sccc2Cl)CC1. The quantitative estimate of drug-likeness (QED) is 0.900. The van der Waals surface area contributed by atoms with Crippen LogP contribution in [-0.2, 0) is 0 Å². The van der Waals surface area contributed by atoms with Crippen LogP contribution in [0.25, 0.3) is 0 Å². The number of aliphatic hydroxyl groups excluding tert-OH is 1. The van der Waals surface area contributed by atoms with Crippen LogP contribution in [0.3, 0.4) is 0 Å². The van der Waals surface area contributed by atoms with Crippen molar-refractivity contribution in [2.45, 2.75) is 25.9 Å². The molecule has 3 nitrogen and oxygen atoms in total. The Balaban J connectivity index is 1.98. The summed E-state index contributed by atoms with van der Waals surface area (Å²) >= 11 is 7.34. The van der Waals surface area contributed by atoms with E-state index in [1.807, 2.05) is 17.2 Å². The van der Waals surface area contributed by atoms with Gasteiger partial charge in [-0.05, 0) is 37.1 Å². The zero-order chi connectivity index (χ0) is 12.4. The molecule has 0 aliphatic carbocycles. The van der Waals surface area contributed by atoms with Gasteiger partial charge >= 0.3 is 0 Å². The molecule has 1 fully saturated rings. The van der Waals surface area contributed by atoms with Gasteiger partial charge in [0.25, 0.3) is 5.91 Å². The lowest BCUT2D eigenvalue weighted by atomic mass is 9.92. The molecule has 1 atom stereocenters. The van der Waals surface area contributed by atoms with Crippen molar-refractivity contribution in [3.05, 3.63) is 21.3 Å². The fourth-order valence-electron chi connectivity index (χ4n) is 2.17. The van der Waals surface area contributed by atoms with Gasteiger partial charge in [-0.15, -0.1) is 11.3 Å². The molecule has 0 bridgehead atoms. The Bertz CT molecular complexity index is 397. The summed E-state index contributed by atoms with van der Waals surface area (Å²) in [4.78, 5) is 14.6. The topological polar surface area (TPSA) is 40.5 Å². The Morgan fingerprint density at radius 1 is 1.59 bits per heavy atom. The van der Waals surface area contributed by atoms with Crippen molar-refractivity contribution < 1.29 is 9.90 Å². The molecule has 1 saturated heterocycles. The van der Waals surface area contributed by atoms with Crippen LogP contribution in [0.5, 0.6) is 0 Å². The third kappa shape index (κ3) is 2.81. The molecule has 94 valence electrons. The van der Waals surface area contributed by atoms with Crippen LogP contribution in [0.15, 0.2) is 11.4 Å². The number of likely N-dealkylation sites (tertiary alicyclic amines) is 1. The Kier molecular flexibility index (Phi) is 4.07. The molecule has 0 spiro atoms. The van der Waals surface area contributed by atoms with Crippen LogP contribution >= 0.6 is 22.9 Å². The summed E-state index contributed by atoms with van der Waals surface area (Å²) in [5, 5.41) is 11.9. The Morgan fingerprint density at radius 2 is 2.24 bits per heavy atom. The molecule has 17 heavy (non-hydrogen) atoms. The number of piperidine rings is 1. The second-order valence-corrected chi connectivity index (χ2v) is 5.79. The molecular weight excluding hydrogens is 258 g/mol. The Labute approximate surface area is 110 Å². The first kappa shape index (κ1) is 12.9. The fraction of sp³-hybridized carbons (Fsp3) is 0.583. The second-order valence-electron chi connectivity index (χ2n) is 4.47. The summed E-state index contributed by atoms with van der Waals surface area (Å²) in [6.45, 7) is 3.24. The van der Waals surface area contributed by atoms with Crippen molar-refractivity contribution in [1.29, 1.82) is 0 Å². The van der Waals surface area contributed by atoms with E-state index in [2.05, 4.69) is 0 Å². The highest BCUT2D eigenvalue weighted by atomic mass is 35.5. The maximum atomic E-state index is 12.1. The van der Waals surface area contributed by atoms with Gasteiger partial charge in [0.2, 0.25) is 0 Å². The first-order valence-corrected chi connectivity index (χ1v) is 7.05. The van der Waals surface area contributed by atoms with Crippen molar-refractivity contribution in [3.63, 3.8) is 0 Å². The number of carbonyl (C=O) groups excluding carboxylic acids is 1. The first-order chi connectivity index (χ1) is 8.09. The van der Waals surface area contributed by atoms with E-state index in [1.165, 1.54) is 11.3 Å². The number of rotatable bonds is 2. The fourth-order valence-corrected chi connectivity index (χ4v) is 3.28. The number of amides is 1. The molecule has 1 N–H and O–H groups in total. The molecule has 1 amide bonds. The minimum atomic E-state index is -0.280. The van der Waals surface area contributed by atoms with Crippen LogP contribution in [0.2, 0.25) is 5.02 Å². The molecular formula is C12H16ClNO2S. The standard InChI is InChI=1S/C12H16ClNO2S/c1-8(15)9-2-5-14(6-3-9)12(16)11-10(13)4-7-17-11/h4,7-9,15H,2-3,5-6H2,1H3. The molecule has 1 unspecified atom stereocenters. The summed E-state index contributed by atoms with van der Waals surface area (Å²) in [6.07, 6.45) is 1.45. The van der Waals surface area contributed by atoms with Crippen LogP contribution < -0.4 is 0 Å². The summed E-state index contributed by atoms with van der Waals surface area (Å²) < 4.78 is 0. The van der Waals surface area contributed by atoms with Gasteiger partial charge in [0, 0.05) is 13.1 Å². The smallest absolute Gasteiger partial charge is 0.265 e. The van der Waals surface area contributed by atoms with Gasteiger partial charge in [0.05, 0.1) is 11.1 Å². The number of thiophene rings is 1. The largest absolute Gasteiger partial charge is 0.393 e. The molecule has 2 heterocycles. The van der Waals surface area contributed by atoms with E-state index in [-0.39, 0.29) is 12.0 Å². The van der Waals surface area contributed by atoms with Crippen LogP contribution in [0.1, 0.15) is 29.4 Å². The zero-order valence-corrected chi connectivity index (χ0v) is 11.3. The van der Waals surface area contributed by atoms with Gasteiger partial charge in [0.1, 0.15) is 4.88 Å². The third-order valence-electron chi connectivity index (χ3n) is 3.32. The minimum Gasteiger partial charge on any atom is -0.393 e. The van der Waals surface area contributed by atoms with E-state index >= 15 is 0 Å². The predicted molar refractivity (Wildman–Crippen MR) is 69.6 cm³/mol. The van der Waals surface area contributed by atoms with Crippen LogP contribution in [0.4, 0.5) is 0 Å². The highest BCUT2D eigenvalue weighted by molar-refractivity contribution is 7.12. The van der Waals surface area contributed by atoms with Crippen LogP contribution in [0, 0.1) is 5.92 Å². The number of hydrogen-bond donors (Lipinski definition) is 1. The monoisotopic (exact) mass is 273 g/mol. The van der Waals surface area contributed by atoms with Crippen LogP contribution in [-0.4, -0.2) is 35.1 Å². The zero-order valence-electron chi connectivity index (χ0n) is 9.73. The maximum absolute atomic E-state index is 12.1. The van der Waals surface area contributed by atoms with Crippen molar-refractivity contribution in [1.82, 2.24) is 4.90 Å². The van der Waals surface area contributed by atoms with Gasteiger partial charge in [-0.3, -0.25) is 4.79 Å². The van der Waals surface area contributed by atoms with Gasteiger partial charge in [-0.25, -0.2) is 0 Å². The minimum absolute atomic E-state index is 0.0223. The predicted octanol–water partition coefficient (Wildman–Crippen LogP) is 2.63. The molecule has 1 aliphatic rings. The normalized spacial score (nSPS) is 19.4. The van der Waals surface area contributed by atoms with Gasteiger partial charge < -0.3 is 10.0 Å². The van der Waals surface area contributed by atoms with E-state index in [4.69, 9.17) is 11.6 Å². The summed E-state index contributed by atoms with van der Waals surface area (Å²) in [6, 6.07) is 1.75. The lowest BCUT2D eigenvalue weighted by Gasteiger charge is -2.33. The third-order valence-corrected chi connectivity index (χ3v) is 4.65. The highest BCUT2D eigenvalue weighted by Gasteiger charge is 2.27. The van der Waals surface area contributed by atoms with Crippen molar-refractivity contribution in [3.8, 4) is 0 Å². The van der Waals surface area contributed by atoms with E-state index in [0.29, 0.717) is 28.9 Å². The average Bonchev–Trinajstić information content (AvgIpc) is 2.74. The number of aliphatic hydroxyl groups is 1. The van der Waals surface area contributed by atoms with E-state index in [1.54, 1.807) is 6.07 Å². The molecule has 0 radical (unpaired) electrons. The van der Waals surface area contributed by atoms with Crippen molar-refractivity contribution >= 4 is 28.8 Å². The molecule has 1 aliphatic heterocycles. The summed E-state index contributed by atoms with van der Waals surface area (Å²) in [5.41, 5.74) is 0. The summed E-state index contributed by atoms with van der Waals surface area (Å²) in [5.74, 6) is 0.340. The molecule has 1 aromatic heterocycles. The van der Waals surface area contributed by atoms with Crippen molar-refractivity contribution in [2.24, 2.45) is 5.92 Å². The average molecular weight is 274 g/mol. The molecule has 0 saturated carbocycles. The van der Waals surface area contributed by atoms with E-state index in [9.17, 15) is 9.90 Å². The lowest BCUT2D eigenvalue weighted by molar-refractivity contribution is 0.0525. The highest BCUT2D eigenvalue weighted by Crippen LogP contribution is 2.27. The summed E-state index contributed by atoms with van der Waals surface area (Å²) in [7, 11) is 0. The molecule has 5 heteroatoms. The molecule has 2 rings (SSSR count). The number of halogens is 1. The number of nitrogens with zero attached hydrogens (tertiary/aromatic N) is 1. The van der Waals surface area contributed by atoms with Gasteiger partial charge in [-0.1, -0.05) is 11.6 Å².